The number of hydrogen-bond donors (Lipinski definition) is 2. The quantitative estimate of drug-likeness (QED) is 0.778. The zero-order valence-electron chi connectivity index (χ0n) is 10.3. The molecule has 1 unspecified atom stereocenters. The average molecular weight is 293 g/mol. The Morgan fingerprint density at radius 3 is 2.78 bits per heavy atom. The topological polar surface area (TPSA) is 81.4 Å². The lowest BCUT2D eigenvalue weighted by molar-refractivity contribution is 0.161. The highest BCUT2D eigenvalue weighted by Gasteiger charge is 2.18. The molecule has 0 fully saturated rings. The minimum atomic E-state index is -3.64. The summed E-state index contributed by atoms with van der Waals surface area (Å²) in [6.45, 7) is 2.64. The van der Waals surface area contributed by atoms with Crippen molar-refractivity contribution in [2.24, 2.45) is 5.92 Å². The standard InChI is InChI=1S/C11H17ClN2O3S/c1-8(7-17-2)6-14-18(15,16)11-5-9(12)3-4-10(11)13/h3-5,8,14H,6-7,13H2,1-2H3. The molecule has 5 nitrogen and oxygen atoms in total. The highest BCUT2D eigenvalue weighted by molar-refractivity contribution is 7.89. The first-order valence-corrected chi connectivity index (χ1v) is 7.26. The van der Waals surface area contributed by atoms with Crippen LogP contribution in [-0.2, 0) is 14.8 Å². The van der Waals surface area contributed by atoms with E-state index in [0.29, 0.717) is 11.6 Å². The first-order chi connectivity index (χ1) is 8.36. The minimum absolute atomic E-state index is 0.000355. The van der Waals surface area contributed by atoms with E-state index in [2.05, 4.69) is 4.72 Å². The Morgan fingerprint density at radius 2 is 2.17 bits per heavy atom. The first kappa shape index (κ1) is 15.2. The molecule has 0 saturated heterocycles. The van der Waals surface area contributed by atoms with E-state index in [1.54, 1.807) is 13.2 Å². The Kier molecular flexibility index (Phi) is 5.40. The summed E-state index contributed by atoms with van der Waals surface area (Å²) in [5.41, 5.74) is 5.81. The molecule has 102 valence electrons. The second kappa shape index (κ2) is 6.38. The van der Waals surface area contributed by atoms with Crippen molar-refractivity contribution < 1.29 is 13.2 Å². The normalized spacial score (nSPS) is 13.5. The third-order valence-electron chi connectivity index (χ3n) is 2.34. The highest BCUT2D eigenvalue weighted by atomic mass is 35.5. The molecular weight excluding hydrogens is 276 g/mol. The molecule has 0 saturated carbocycles. The van der Waals surface area contributed by atoms with Gasteiger partial charge in [-0.2, -0.15) is 0 Å². The molecule has 7 heteroatoms. The number of hydrogen-bond acceptors (Lipinski definition) is 4. The Bertz CT molecular complexity index is 505. The van der Waals surface area contributed by atoms with Gasteiger partial charge in [-0.05, 0) is 24.1 Å². The predicted molar refractivity (Wildman–Crippen MR) is 72.1 cm³/mol. The molecule has 0 amide bonds. The number of ether oxygens (including phenoxy) is 1. The second-order valence-electron chi connectivity index (χ2n) is 4.09. The number of nitrogen functional groups attached to an aromatic ring is 1. The molecule has 3 N–H and O–H groups in total. The van der Waals surface area contributed by atoms with Gasteiger partial charge in [0.25, 0.3) is 0 Å². The molecule has 0 radical (unpaired) electrons. The Balaban J connectivity index is 2.83. The van der Waals surface area contributed by atoms with Gasteiger partial charge in [-0.1, -0.05) is 18.5 Å². The highest BCUT2D eigenvalue weighted by Crippen LogP contribution is 2.22. The zero-order chi connectivity index (χ0) is 13.8. The van der Waals surface area contributed by atoms with Crippen LogP contribution in [0.4, 0.5) is 5.69 Å². The maximum atomic E-state index is 12.0. The summed E-state index contributed by atoms with van der Waals surface area (Å²) in [5.74, 6) is 0.0742. The Labute approximate surface area is 112 Å². The van der Waals surface area contributed by atoms with Gasteiger partial charge in [-0.3, -0.25) is 0 Å². The van der Waals surface area contributed by atoms with Crippen molar-refractivity contribution in [1.82, 2.24) is 4.72 Å². The number of rotatable bonds is 6. The molecule has 0 spiro atoms. The van der Waals surface area contributed by atoms with Crippen LogP contribution in [-0.4, -0.2) is 28.7 Å². The van der Waals surface area contributed by atoms with Gasteiger partial charge < -0.3 is 10.5 Å². The van der Waals surface area contributed by atoms with Crippen molar-refractivity contribution in [2.75, 3.05) is 26.0 Å². The number of anilines is 1. The van der Waals surface area contributed by atoms with Gasteiger partial charge in [0, 0.05) is 25.3 Å². The van der Waals surface area contributed by atoms with E-state index in [1.807, 2.05) is 6.92 Å². The lowest BCUT2D eigenvalue weighted by atomic mass is 10.2. The van der Waals surface area contributed by atoms with Crippen molar-refractivity contribution in [2.45, 2.75) is 11.8 Å². The van der Waals surface area contributed by atoms with Gasteiger partial charge in [0.05, 0.1) is 5.69 Å². The first-order valence-electron chi connectivity index (χ1n) is 5.40. The fraction of sp³-hybridized carbons (Fsp3) is 0.455. The number of nitrogens with one attached hydrogen (secondary N) is 1. The summed E-state index contributed by atoms with van der Waals surface area (Å²) >= 11 is 5.77. The van der Waals surface area contributed by atoms with Gasteiger partial charge in [0.15, 0.2) is 0 Å². The van der Waals surface area contributed by atoms with E-state index >= 15 is 0 Å². The van der Waals surface area contributed by atoms with Crippen LogP contribution >= 0.6 is 11.6 Å². The smallest absolute Gasteiger partial charge is 0.242 e. The maximum absolute atomic E-state index is 12.0. The minimum Gasteiger partial charge on any atom is -0.398 e. The summed E-state index contributed by atoms with van der Waals surface area (Å²) in [5, 5.41) is 0.328. The molecule has 1 aromatic rings. The van der Waals surface area contributed by atoms with Crippen molar-refractivity contribution in [1.29, 1.82) is 0 Å². The van der Waals surface area contributed by atoms with E-state index in [0.717, 1.165) is 0 Å². The molecule has 0 aliphatic rings. The fourth-order valence-corrected chi connectivity index (χ4v) is 2.97. The van der Waals surface area contributed by atoms with Gasteiger partial charge in [0.1, 0.15) is 4.90 Å². The van der Waals surface area contributed by atoms with Crippen molar-refractivity contribution in [3.8, 4) is 0 Å². The SMILES string of the molecule is COCC(C)CNS(=O)(=O)c1cc(Cl)ccc1N. The van der Waals surface area contributed by atoms with Crippen LogP contribution in [0.2, 0.25) is 5.02 Å². The maximum Gasteiger partial charge on any atom is 0.242 e. The van der Waals surface area contributed by atoms with Crippen LogP contribution in [0.15, 0.2) is 23.1 Å². The zero-order valence-corrected chi connectivity index (χ0v) is 11.9. The molecule has 1 atom stereocenters. The molecule has 0 aliphatic carbocycles. The van der Waals surface area contributed by atoms with Gasteiger partial charge in [-0.25, -0.2) is 13.1 Å². The third kappa shape index (κ3) is 4.13. The van der Waals surface area contributed by atoms with Gasteiger partial charge in [0.2, 0.25) is 10.0 Å². The summed E-state index contributed by atoms with van der Waals surface area (Å²) in [6, 6.07) is 4.35. The summed E-state index contributed by atoms with van der Waals surface area (Å²) in [7, 11) is -2.07. The van der Waals surface area contributed by atoms with Gasteiger partial charge >= 0.3 is 0 Å². The van der Waals surface area contributed by atoms with E-state index in [9.17, 15) is 8.42 Å². The van der Waals surface area contributed by atoms with Crippen LogP contribution in [0.25, 0.3) is 0 Å². The summed E-state index contributed by atoms with van der Waals surface area (Å²) < 4.78 is 31.5. The average Bonchev–Trinajstić information content (AvgIpc) is 2.30. The van der Waals surface area contributed by atoms with Crippen LogP contribution in [0.5, 0.6) is 0 Å². The fourth-order valence-electron chi connectivity index (χ4n) is 1.41. The molecule has 0 heterocycles. The van der Waals surface area contributed by atoms with Crippen LogP contribution in [0.1, 0.15) is 6.92 Å². The lowest BCUT2D eigenvalue weighted by Gasteiger charge is -2.13. The van der Waals surface area contributed by atoms with E-state index in [-0.39, 0.29) is 23.0 Å². The van der Waals surface area contributed by atoms with Gasteiger partial charge in [-0.15, -0.1) is 0 Å². The summed E-state index contributed by atoms with van der Waals surface area (Å²) in [4.78, 5) is -0.000355. The number of methoxy groups -OCH3 is 1. The largest absolute Gasteiger partial charge is 0.398 e. The lowest BCUT2D eigenvalue weighted by Crippen LogP contribution is -2.30. The molecule has 0 aromatic heterocycles. The number of benzene rings is 1. The van der Waals surface area contributed by atoms with E-state index < -0.39 is 10.0 Å². The molecule has 0 bridgehead atoms. The number of sulfonamides is 1. The third-order valence-corrected chi connectivity index (χ3v) is 4.05. The molecule has 1 rings (SSSR count). The molecular formula is C11H17ClN2O3S. The number of halogens is 1. The number of nitrogens with two attached hydrogens (primary N) is 1. The van der Waals surface area contributed by atoms with Crippen molar-refractivity contribution in [3.05, 3.63) is 23.2 Å². The van der Waals surface area contributed by atoms with Crippen molar-refractivity contribution in [3.63, 3.8) is 0 Å². The van der Waals surface area contributed by atoms with Crippen molar-refractivity contribution >= 4 is 27.3 Å². The second-order valence-corrected chi connectivity index (χ2v) is 6.27. The molecule has 1 aromatic carbocycles. The van der Waals surface area contributed by atoms with Crippen LogP contribution < -0.4 is 10.5 Å². The predicted octanol–water partition coefficient (Wildman–Crippen LogP) is 1.48. The van der Waals surface area contributed by atoms with E-state index in [4.69, 9.17) is 22.1 Å². The van der Waals surface area contributed by atoms with Crippen LogP contribution in [0, 0.1) is 5.92 Å². The Morgan fingerprint density at radius 1 is 1.50 bits per heavy atom. The Hall–Kier alpha value is -0.820. The molecule has 0 aliphatic heterocycles. The van der Waals surface area contributed by atoms with Crippen LogP contribution in [0.3, 0.4) is 0 Å². The van der Waals surface area contributed by atoms with E-state index in [1.165, 1.54) is 12.1 Å². The summed E-state index contributed by atoms with van der Waals surface area (Å²) in [6.07, 6.45) is 0. The molecule has 18 heavy (non-hydrogen) atoms. The monoisotopic (exact) mass is 292 g/mol.